The summed E-state index contributed by atoms with van der Waals surface area (Å²) in [4.78, 5) is 8.95. The van der Waals surface area contributed by atoms with Crippen LogP contribution < -0.4 is 4.74 Å². The van der Waals surface area contributed by atoms with Gasteiger partial charge in [-0.05, 0) is 36.2 Å². The number of rotatable bonds is 4. The lowest BCUT2D eigenvalue weighted by Crippen LogP contribution is -2.10. The van der Waals surface area contributed by atoms with E-state index in [1.807, 2.05) is 42.6 Å². The number of benzene rings is 2. The zero-order chi connectivity index (χ0) is 19.1. The van der Waals surface area contributed by atoms with Gasteiger partial charge in [0.1, 0.15) is 11.6 Å². The number of hydrogen-bond donors (Lipinski definition) is 0. The highest BCUT2D eigenvalue weighted by Crippen LogP contribution is 2.40. The van der Waals surface area contributed by atoms with Crippen molar-refractivity contribution in [2.75, 3.05) is 0 Å². The second-order valence-corrected chi connectivity index (χ2v) is 6.81. The number of fused-ring (bicyclic) bond motifs is 3. The Labute approximate surface area is 160 Å². The van der Waals surface area contributed by atoms with Crippen LogP contribution in [0.1, 0.15) is 23.9 Å². The number of imidazole rings is 1. The molecule has 1 unspecified atom stereocenters. The minimum atomic E-state index is -2.85. The first-order chi connectivity index (χ1) is 13.7. The summed E-state index contributed by atoms with van der Waals surface area (Å²) in [5, 5.41) is 0. The molecule has 0 saturated heterocycles. The summed E-state index contributed by atoms with van der Waals surface area (Å²) in [6.07, 6.45) is 5.17. The molecule has 0 spiro atoms. The van der Waals surface area contributed by atoms with Crippen LogP contribution in [0, 0.1) is 0 Å². The van der Waals surface area contributed by atoms with Crippen LogP contribution in [0.2, 0.25) is 0 Å². The van der Waals surface area contributed by atoms with Crippen molar-refractivity contribution < 1.29 is 13.5 Å². The number of alkyl halides is 2. The van der Waals surface area contributed by atoms with Gasteiger partial charge in [-0.3, -0.25) is 4.98 Å². The first kappa shape index (κ1) is 16.9. The van der Waals surface area contributed by atoms with Gasteiger partial charge in [-0.25, -0.2) is 4.98 Å². The maximum Gasteiger partial charge on any atom is 0.387 e. The van der Waals surface area contributed by atoms with E-state index >= 15 is 0 Å². The molecule has 4 aromatic rings. The number of para-hydroxylation sites is 1. The molecule has 0 radical (unpaired) electrons. The maximum absolute atomic E-state index is 12.9. The molecular formula is C22H17F2N3O. The van der Waals surface area contributed by atoms with Crippen molar-refractivity contribution in [3.8, 4) is 16.9 Å². The van der Waals surface area contributed by atoms with Crippen LogP contribution in [0.5, 0.6) is 5.75 Å². The Kier molecular flexibility index (Phi) is 4.04. The minimum Gasteiger partial charge on any atom is -0.434 e. The molecule has 2 aromatic heterocycles. The number of nitrogens with zero attached hydrogens (tertiary/aromatic N) is 3. The fourth-order valence-electron chi connectivity index (χ4n) is 4.03. The van der Waals surface area contributed by atoms with E-state index in [9.17, 15) is 8.78 Å². The molecule has 4 nitrogen and oxygen atoms in total. The van der Waals surface area contributed by atoms with Crippen LogP contribution in [0.3, 0.4) is 0 Å². The van der Waals surface area contributed by atoms with E-state index in [2.05, 4.69) is 15.6 Å². The molecule has 0 N–H and O–H groups in total. The summed E-state index contributed by atoms with van der Waals surface area (Å²) in [5.41, 5.74) is 4.72. The molecule has 6 heteroatoms. The Bertz CT molecular complexity index is 1140. The fraction of sp³-hybridized carbons (Fsp3) is 0.182. The number of ether oxygens (including phenoxy) is 1. The summed E-state index contributed by atoms with van der Waals surface area (Å²) >= 11 is 0. The first-order valence-corrected chi connectivity index (χ1v) is 9.16. The van der Waals surface area contributed by atoms with Crippen LogP contribution >= 0.6 is 0 Å². The monoisotopic (exact) mass is 377 g/mol. The smallest absolute Gasteiger partial charge is 0.387 e. The molecule has 1 aliphatic rings. The molecule has 2 aromatic carbocycles. The molecule has 1 atom stereocenters. The van der Waals surface area contributed by atoms with Gasteiger partial charge in [0.25, 0.3) is 0 Å². The molecule has 5 rings (SSSR count). The van der Waals surface area contributed by atoms with E-state index in [1.165, 1.54) is 0 Å². The van der Waals surface area contributed by atoms with Crippen molar-refractivity contribution in [2.45, 2.75) is 25.5 Å². The van der Waals surface area contributed by atoms with E-state index in [0.29, 0.717) is 0 Å². The number of hydrogen-bond acceptors (Lipinski definition) is 3. The van der Waals surface area contributed by atoms with Gasteiger partial charge in [-0.2, -0.15) is 8.78 Å². The molecule has 0 amide bonds. The van der Waals surface area contributed by atoms with E-state index in [0.717, 1.165) is 46.4 Å². The van der Waals surface area contributed by atoms with Gasteiger partial charge in [0.2, 0.25) is 0 Å². The van der Waals surface area contributed by atoms with Gasteiger partial charge in [0, 0.05) is 29.9 Å². The quantitative estimate of drug-likeness (QED) is 0.489. The number of halogens is 2. The van der Waals surface area contributed by atoms with Crippen molar-refractivity contribution >= 4 is 11.0 Å². The molecule has 140 valence electrons. The Balaban J connectivity index is 1.64. The lowest BCUT2D eigenvalue weighted by Gasteiger charge is -2.19. The third-order valence-electron chi connectivity index (χ3n) is 5.20. The molecule has 0 bridgehead atoms. The molecule has 28 heavy (non-hydrogen) atoms. The molecular weight excluding hydrogens is 360 g/mol. The highest BCUT2D eigenvalue weighted by atomic mass is 19.3. The fourth-order valence-corrected chi connectivity index (χ4v) is 4.03. The third-order valence-corrected chi connectivity index (χ3v) is 5.20. The summed E-state index contributed by atoms with van der Waals surface area (Å²) in [5.74, 6) is 1.19. The van der Waals surface area contributed by atoms with Crippen LogP contribution in [-0.2, 0) is 6.42 Å². The highest BCUT2D eigenvalue weighted by molar-refractivity contribution is 5.83. The lowest BCUT2D eigenvalue weighted by atomic mass is 10.0. The minimum absolute atomic E-state index is 0.0842. The SMILES string of the molecule is FC(F)Oc1ccccc1C1CCc2nc3ccc(-c4cccnc4)cc3n21. The van der Waals surface area contributed by atoms with E-state index in [-0.39, 0.29) is 11.8 Å². The van der Waals surface area contributed by atoms with Crippen molar-refractivity contribution in [1.29, 1.82) is 0 Å². The zero-order valence-corrected chi connectivity index (χ0v) is 14.9. The summed E-state index contributed by atoms with van der Waals surface area (Å²) in [6.45, 7) is -2.85. The second-order valence-electron chi connectivity index (χ2n) is 6.81. The van der Waals surface area contributed by atoms with Crippen molar-refractivity contribution in [3.05, 3.63) is 78.4 Å². The van der Waals surface area contributed by atoms with Gasteiger partial charge in [-0.15, -0.1) is 0 Å². The molecule has 3 heterocycles. The molecule has 0 saturated carbocycles. The van der Waals surface area contributed by atoms with E-state index in [4.69, 9.17) is 9.72 Å². The standard InChI is InChI=1S/C22H17F2N3O/c23-22(24)28-20-6-2-1-5-16(20)18-9-10-21-26-17-8-7-14(12-19(17)27(18)21)15-4-3-11-25-13-15/h1-8,11-13,18,22H,9-10H2. The number of aromatic nitrogens is 3. The maximum atomic E-state index is 12.9. The topological polar surface area (TPSA) is 39.9 Å². The Morgan fingerprint density at radius 1 is 1.04 bits per heavy atom. The van der Waals surface area contributed by atoms with Gasteiger partial charge in [0.05, 0.1) is 17.1 Å². The van der Waals surface area contributed by atoms with E-state index in [1.54, 1.807) is 18.3 Å². The van der Waals surface area contributed by atoms with E-state index < -0.39 is 6.61 Å². The summed E-state index contributed by atoms with van der Waals surface area (Å²) in [7, 11) is 0. The molecule has 0 aliphatic carbocycles. The normalized spacial score (nSPS) is 15.9. The van der Waals surface area contributed by atoms with Crippen LogP contribution in [0.4, 0.5) is 8.78 Å². The summed E-state index contributed by atoms with van der Waals surface area (Å²) in [6, 6.07) is 17.0. The van der Waals surface area contributed by atoms with Crippen LogP contribution in [-0.4, -0.2) is 21.1 Å². The second kappa shape index (κ2) is 6.71. The van der Waals surface area contributed by atoms with Crippen molar-refractivity contribution in [2.24, 2.45) is 0 Å². The van der Waals surface area contributed by atoms with Gasteiger partial charge < -0.3 is 9.30 Å². The predicted molar refractivity (Wildman–Crippen MR) is 102 cm³/mol. The van der Waals surface area contributed by atoms with Gasteiger partial charge >= 0.3 is 6.61 Å². The Hall–Kier alpha value is -3.28. The van der Waals surface area contributed by atoms with Crippen LogP contribution in [0.15, 0.2) is 67.0 Å². The lowest BCUT2D eigenvalue weighted by molar-refractivity contribution is -0.0506. The predicted octanol–water partition coefficient (Wildman–Crippen LogP) is 5.24. The number of pyridine rings is 1. The van der Waals surface area contributed by atoms with Gasteiger partial charge in [-0.1, -0.05) is 30.3 Å². The molecule has 0 fully saturated rings. The summed E-state index contributed by atoms with van der Waals surface area (Å²) < 4.78 is 32.7. The Morgan fingerprint density at radius 2 is 1.93 bits per heavy atom. The third kappa shape index (κ3) is 2.81. The first-order valence-electron chi connectivity index (χ1n) is 9.16. The van der Waals surface area contributed by atoms with Crippen molar-refractivity contribution in [3.63, 3.8) is 0 Å². The average molecular weight is 377 g/mol. The van der Waals surface area contributed by atoms with Gasteiger partial charge in [0.15, 0.2) is 0 Å². The van der Waals surface area contributed by atoms with Crippen molar-refractivity contribution in [1.82, 2.24) is 14.5 Å². The zero-order valence-electron chi connectivity index (χ0n) is 14.9. The average Bonchev–Trinajstić information content (AvgIpc) is 3.27. The molecule has 1 aliphatic heterocycles. The largest absolute Gasteiger partial charge is 0.434 e. The highest BCUT2D eigenvalue weighted by Gasteiger charge is 2.29. The Morgan fingerprint density at radius 3 is 2.75 bits per heavy atom. The number of aryl methyl sites for hydroxylation is 1. The van der Waals surface area contributed by atoms with Crippen LogP contribution in [0.25, 0.3) is 22.2 Å².